The van der Waals surface area contributed by atoms with E-state index in [9.17, 15) is 0 Å². The molecule has 1 saturated carbocycles. The molecule has 0 atom stereocenters. The van der Waals surface area contributed by atoms with Gasteiger partial charge in [-0.15, -0.1) is 10.2 Å². The van der Waals surface area contributed by atoms with Crippen molar-refractivity contribution in [2.75, 3.05) is 17.6 Å². The van der Waals surface area contributed by atoms with Crippen LogP contribution in [0.2, 0.25) is 0 Å². The molecule has 19 heavy (non-hydrogen) atoms. The van der Waals surface area contributed by atoms with Gasteiger partial charge in [-0.3, -0.25) is 4.57 Å². The highest BCUT2D eigenvalue weighted by atomic mass is 32.2. The van der Waals surface area contributed by atoms with E-state index in [1.165, 1.54) is 51.4 Å². The van der Waals surface area contributed by atoms with Gasteiger partial charge in [-0.2, -0.15) is 0 Å². The van der Waals surface area contributed by atoms with Gasteiger partial charge in [0.1, 0.15) is 0 Å². The highest BCUT2D eigenvalue weighted by Crippen LogP contribution is 2.28. The van der Waals surface area contributed by atoms with Gasteiger partial charge in [-0.1, -0.05) is 56.7 Å². The van der Waals surface area contributed by atoms with Crippen LogP contribution in [0.5, 0.6) is 0 Å². The molecule has 3 rings (SSSR count). The largest absolute Gasteiger partial charge is 0.354 e. The van der Waals surface area contributed by atoms with Gasteiger partial charge in [-0.05, 0) is 12.3 Å². The third-order valence-corrected chi connectivity index (χ3v) is 5.26. The molecular weight excluding hydrogens is 256 g/mol. The summed E-state index contributed by atoms with van der Waals surface area (Å²) < 4.78 is 2.20. The molecule has 0 radical (unpaired) electrons. The number of rotatable bonds is 6. The van der Waals surface area contributed by atoms with Crippen LogP contribution in [-0.4, -0.2) is 27.1 Å². The molecule has 0 aromatic carbocycles. The number of anilines is 1. The molecule has 1 fully saturated rings. The number of nitrogens with zero attached hydrogens (tertiary/aromatic N) is 3. The first-order chi connectivity index (χ1) is 9.43. The van der Waals surface area contributed by atoms with Crippen LogP contribution in [0, 0.1) is 5.92 Å². The Morgan fingerprint density at radius 2 is 2.05 bits per heavy atom. The van der Waals surface area contributed by atoms with Crippen LogP contribution in [0.4, 0.5) is 5.95 Å². The van der Waals surface area contributed by atoms with Crippen LogP contribution in [-0.2, 0) is 6.54 Å². The number of aromatic nitrogens is 3. The van der Waals surface area contributed by atoms with Crippen molar-refractivity contribution in [2.24, 2.45) is 5.92 Å². The molecule has 0 amide bonds. The number of nitrogens with one attached hydrogen (secondary N) is 1. The Bertz CT molecular complexity index is 398. The predicted octanol–water partition coefficient (Wildman–Crippen LogP) is 3.55. The van der Waals surface area contributed by atoms with Crippen LogP contribution in [0.15, 0.2) is 5.16 Å². The number of unbranched alkanes of at least 4 members (excludes halogenated alkanes) is 1. The smallest absolute Gasteiger partial charge is 0.225 e. The Morgan fingerprint density at radius 1 is 1.16 bits per heavy atom. The van der Waals surface area contributed by atoms with Gasteiger partial charge >= 0.3 is 0 Å². The summed E-state index contributed by atoms with van der Waals surface area (Å²) >= 11 is 1.80. The maximum absolute atomic E-state index is 4.21. The maximum Gasteiger partial charge on any atom is 0.225 e. The van der Waals surface area contributed by atoms with Gasteiger partial charge in [0, 0.05) is 18.8 Å². The highest BCUT2D eigenvalue weighted by molar-refractivity contribution is 7.99. The summed E-state index contributed by atoms with van der Waals surface area (Å²) in [7, 11) is 0. The molecule has 106 valence electrons. The molecular formula is C14H24N4S. The second-order valence-corrected chi connectivity index (χ2v) is 6.79. The zero-order valence-corrected chi connectivity index (χ0v) is 12.4. The van der Waals surface area contributed by atoms with Gasteiger partial charge in [-0.25, -0.2) is 0 Å². The quantitative estimate of drug-likeness (QED) is 0.809. The van der Waals surface area contributed by atoms with Crippen molar-refractivity contribution >= 4 is 17.7 Å². The molecule has 4 nitrogen and oxygen atoms in total. The first-order valence-corrected chi connectivity index (χ1v) is 8.72. The van der Waals surface area contributed by atoms with Crippen LogP contribution in [0.1, 0.15) is 51.4 Å². The topological polar surface area (TPSA) is 42.7 Å². The van der Waals surface area contributed by atoms with E-state index in [1.807, 2.05) is 0 Å². The molecule has 0 saturated heterocycles. The number of hydrogen-bond donors (Lipinski definition) is 1. The lowest BCUT2D eigenvalue weighted by Crippen LogP contribution is -2.10. The minimum atomic E-state index is 0.970. The van der Waals surface area contributed by atoms with E-state index in [4.69, 9.17) is 0 Å². The van der Waals surface area contributed by atoms with Crippen LogP contribution in [0.3, 0.4) is 0 Å². The number of hydrogen-bond acceptors (Lipinski definition) is 4. The molecule has 0 unspecified atom stereocenters. The third-order valence-electron chi connectivity index (χ3n) is 4.31. The summed E-state index contributed by atoms with van der Waals surface area (Å²) in [5, 5.41) is 12.9. The van der Waals surface area contributed by atoms with Crippen molar-refractivity contribution in [1.82, 2.24) is 14.8 Å². The van der Waals surface area contributed by atoms with Gasteiger partial charge in [0.2, 0.25) is 5.95 Å². The normalized spacial score (nSPS) is 19.6. The van der Waals surface area contributed by atoms with Crippen molar-refractivity contribution in [3.63, 3.8) is 0 Å². The summed E-state index contributed by atoms with van der Waals surface area (Å²) in [6.07, 6.45) is 11.4. The predicted molar refractivity (Wildman–Crippen MR) is 79.7 cm³/mol. The second-order valence-electron chi connectivity index (χ2n) is 5.73. The van der Waals surface area contributed by atoms with Crippen molar-refractivity contribution in [3.8, 4) is 0 Å². The van der Waals surface area contributed by atoms with Crippen LogP contribution in [0.25, 0.3) is 0 Å². The average molecular weight is 280 g/mol. The lowest BCUT2D eigenvalue weighted by Gasteiger charge is -2.21. The van der Waals surface area contributed by atoms with Crippen molar-refractivity contribution < 1.29 is 0 Å². The Labute approximate surface area is 119 Å². The van der Waals surface area contributed by atoms with E-state index in [2.05, 4.69) is 20.1 Å². The van der Waals surface area contributed by atoms with E-state index in [-0.39, 0.29) is 0 Å². The van der Waals surface area contributed by atoms with Crippen LogP contribution < -0.4 is 5.32 Å². The number of fused-ring (bicyclic) bond motifs is 1. The SMILES string of the molecule is C1CCC(CCCCNc2nnc3n2CCS3)CC1. The molecule has 2 heterocycles. The Morgan fingerprint density at radius 3 is 2.95 bits per heavy atom. The summed E-state index contributed by atoms with van der Waals surface area (Å²) in [5.41, 5.74) is 0. The first kappa shape index (κ1) is 13.3. The van der Waals surface area contributed by atoms with Crippen molar-refractivity contribution in [3.05, 3.63) is 0 Å². The lowest BCUT2D eigenvalue weighted by molar-refractivity contribution is 0.331. The van der Waals surface area contributed by atoms with E-state index >= 15 is 0 Å². The van der Waals surface area contributed by atoms with Crippen LogP contribution >= 0.6 is 11.8 Å². The first-order valence-electron chi connectivity index (χ1n) is 7.73. The van der Waals surface area contributed by atoms with Gasteiger partial charge in [0.25, 0.3) is 0 Å². The van der Waals surface area contributed by atoms with Crippen molar-refractivity contribution in [2.45, 2.75) is 63.1 Å². The zero-order valence-electron chi connectivity index (χ0n) is 11.6. The molecule has 1 aromatic heterocycles. The summed E-state index contributed by atoms with van der Waals surface area (Å²) in [6, 6.07) is 0. The Hall–Kier alpha value is -0.710. The van der Waals surface area contributed by atoms with E-state index < -0.39 is 0 Å². The molecule has 1 aromatic rings. The molecule has 1 N–H and O–H groups in total. The average Bonchev–Trinajstić information content (AvgIpc) is 3.04. The Balaban J connectivity index is 1.32. The minimum Gasteiger partial charge on any atom is -0.354 e. The molecule has 0 bridgehead atoms. The summed E-state index contributed by atoms with van der Waals surface area (Å²) in [4.78, 5) is 0. The highest BCUT2D eigenvalue weighted by Gasteiger charge is 2.17. The van der Waals surface area contributed by atoms with Crippen molar-refractivity contribution in [1.29, 1.82) is 0 Å². The standard InChI is InChI=1S/C14H24N4S/c1-2-6-12(7-3-1)8-4-5-9-15-13-16-17-14-18(13)10-11-19-14/h12H,1-11H2,(H,15,16). The number of thioether (sulfide) groups is 1. The van der Waals surface area contributed by atoms with Gasteiger partial charge < -0.3 is 5.32 Å². The zero-order chi connectivity index (χ0) is 12.9. The monoisotopic (exact) mass is 280 g/mol. The lowest BCUT2D eigenvalue weighted by atomic mass is 9.86. The van der Waals surface area contributed by atoms with E-state index in [0.717, 1.165) is 35.9 Å². The third kappa shape index (κ3) is 3.44. The summed E-state index contributed by atoms with van der Waals surface area (Å²) in [5.74, 6) is 3.13. The Kier molecular flexibility index (Phi) is 4.64. The molecule has 1 aliphatic heterocycles. The van der Waals surface area contributed by atoms with Gasteiger partial charge in [0.05, 0.1) is 0 Å². The molecule has 5 heteroatoms. The fourth-order valence-electron chi connectivity index (χ4n) is 3.19. The summed E-state index contributed by atoms with van der Waals surface area (Å²) in [6.45, 7) is 2.09. The fraction of sp³-hybridized carbons (Fsp3) is 0.857. The molecule has 1 aliphatic carbocycles. The van der Waals surface area contributed by atoms with E-state index in [1.54, 1.807) is 11.8 Å². The van der Waals surface area contributed by atoms with E-state index in [0.29, 0.717) is 0 Å². The molecule has 2 aliphatic rings. The fourth-order valence-corrected chi connectivity index (χ4v) is 4.08. The van der Waals surface area contributed by atoms with Gasteiger partial charge in [0.15, 0.2) is 5.16 Å². The minimum absolute atomic E-state index is 0.970. The molecule has 0 spiro atoms. The second kappa shape index (κ2) is 6.64. The maximum atomic E-state index is 4.21.